The summed E-state index contributed by atoms with van der Waals surface area (Å²) in [6, 6.07) is 0. The van der Waals surface area contributed by atoms with E-state index in [1.54, 1.807) is 14.2 Å². The van der Waals surface area contributed by atoms with Gasteiger partial charge in [0.15, 0.2) is 0 Å². The maximum absolute atomic E-state index is 5.54. The SMILES string of the molecule is CCC(C1(C)CO1)[Si](C)(OC)OC. The summed E-state index contributed by atoms with van der Waals surface area (Å²) in [6.07, 6.45) is 1.06. The molecule has 0 aliphatic carbocycles. The smallest absolute Gasteiger partial charge is 0.340 e. The second-order valence-corrected chi connectivity index (χ2v) is 7.53. The average Bonchev–Trinajstić information content (AvgIpc) is 2.85. The molecular weight excluding hydrogens is 184 g/mol. The molecule has 1 aliphatic heterocycles. The molecule has 2 atom stereocenters. The lowest BCUT2D eigenvalue weighted by Crippen LogP contribution is -2.46. The summed E-state index contributed by atoms with van der Waals surface area (Å²) < 4.78 is 16.6. The molecule has 0 N–H and O–H groups in total. The third kappa shape index (κ3) is 1.96. The van der Waals surface area contributed by atoms with Gasteiger partial charge in [0.25, 0.3) is 0 Å². The molecule has 1 fully saturated rings. The average molecular weight is 204 g/mol. The van der Waals surface area contributed by atoms with Crippen molar-refractivity contribution in [2.45, 2.75) is 38.0 Å². The highest BCUT2D eigenvalue weighted by Gasteiger charge is 2.56. The normalized spacial score (nSPS) is 30.2. The van der Waals surface area contributed by atoms with E-state index < -0.39 is 8.56 Å². The Bertz CT molecular complexity index is 176. The van der Waals surface area contributed by atoms with Crippen molar-refractivity contribution in [3.05, 3.63) is 0 Å². The maximum atomic E-state index is 5.54. The molecule has 1 saturated heterocycles. The first-order valence-electron chi connectivity index (χ1n) is 4.76. The van der Waals surface area contributed by atoms with Gasteiger partial charge in [0.1, 0.15) is 0 Å². The summed E-state index contributed by atoms with van der Waals surface area (Å²) in [5, 5.41) is 0. The van der Waals surface area contributed by atoms with Crippen LogP contribution in [0.15, 0.2) is 0 Å². The van der Waals surface area contributed by atoms with E-state index in [1.165, 1.54) is 0 Å². The highest BCUT2D eigenvalue weighted by atomic mass is 28.4. The fourth-order valence-corrected chi connectivity index (χ4v) is 4.79. The highest BCUT2D eigenvalue weighted by Crippen LogP contribution is 2.46. The van der Waals surface area contributed by atoms with Crippen LogP contribution in [0.1, 0.15) is 20.3 Å². The molecule has 0 aromatic rings. The van der Waals surface area contributed by atoms with Gasteiger partial charge in [0, 0.05) is 19.8 Å². The number of hydrogen-bond donors (Lipinski definition) is 0. The molecule has 0 spiro atoms. The topological polar surface area (TPSA) is 31.0 Å². The Balaban J connectivity index is 2.74. The van der Waals surface area contributed by atoms with E-state index in [0.717, 1.165) is 13.0 Å². The summed E-state index contributed by atoms with van der Waals surface area (Å²) in [6.45, 7) is 7.26. The molecule has 3 nitrogen and oxygen atoms in total. The van der Waals surface area contributed by atoms with Gasteiger partial charge >= 0.3 is 8.56 Å². The molecule has 78 valence electrons. The van der Waals surface area contributed by atoms with Crippen LogP contribution in [0.2, 0.25) is 12.1 Å². The van der Waals surface area contributed by atoms with Crippen molar-refractivity contribution >= 4 is 8.56 Å². The van der Waals surface area contributed by atoms with Gasteiger partial charge in [-0.25, -0.2) is 0 Å². The van der Waals surface area contributed by atoms with Gasteiger partial charge < -0.3 is 13.6 Å². The molecule has 1 heterocycles. The minimum Gasteiger partial charge on any atom is -0.398 e. The van der Waals surface area contributed by atoms with E-state index in [0.29, 0.717) is 5.54 Å². The Labute approximate surface area is 81.6 Å². The monoisotopic (exact) mass is 204 g/mol. The molecular formula is C9H20O3Si. The highest BCUT2D eigenvalue weighted by molar-refractivity contribution is 6.68. The van der Waals surface area contributed by atoms with Gasteiger partial charge in [-0.3, -0.25) is 0 Å². The van der Waals surface area contributed by atoms with E-state index in [9.17, 15) is 0 Å². The molecule has 2 unspecified atom stereocenters. The van der Waals surface area contributed by atoms with Crippen molar-refractivity contribution < 1.29 is 13.6 Å². The van der Waals surface area contributed by atoms with Crippen LogP contribution in [-0.4, -0.2) is 35.0 Å². The van der Waals surface area contributed by atoms with E-state index in [2.05, 4.69) is 20.4 Å². The van der Waals surface area contributed by atoms with Crippen LogP contribution < -0.4 is 0 Å². The van der Waals surface area contributed by atoms with Gasteiger partial charge in [-0.15, -0.1) is 0 Å². The summed E-state index contributed by atoms with van der Waals surface area (Å²) in [5.74, 6) is 0. The minimum atomic E-state index is -2.02. The Morgan fingerprint density at radius 2 is 1.92 bits per heavy atom. The van der Waals surface area contributed by atoms with Crippen LogP contribution in [0, 0.1) is 0 Å². The van der Waals surface area contributed by atoms with Crippen molar-refractivity contribution in [3.8, 4) is 0 Å². The zero-order valence-electron chi connectivity index (χ0n) is 9.22. The van der Waals surface area contributed by atoms with Crippen LogP contribution in [-0.2, 0) is 13.6 Å². The van der Waals surface area contributed by atoms with Gasteiger partial charge in [0.05, 0.1) is 12.2 Å². The van der Waals surface area contributed by atoms with E-state index >= 15 is 0 Å². The zero-order chi connectivity index (χ0) is 10.1. The van der Waals surface area contributed by atoms with Crippen molar-refractivity contribution in [1.29, 1.82) is 0 Å². The summed E-state index contributed by atoms with van der Waals surface area (Å²) in [7, 11) is 1.46. The van der Waals surface area contributed by atoms with Crippen molar-refractivity contribution in [3.63, 3.8) is 0 Å². The van der Waals surface area contributed by atoms with Crippen molar-refractivity contribution in [2.75, 3.05) is 20.8 Å². The van der Waals surface area contributed by atoms with E-state index in [1.807, 2.05) is 0 Å². The predicted molar refractivity (Wildman–Crippen MR) is 54.0 cm³/mol. The molecule has 0 bridgehead atoms. The first-order chi connectivity index (χ1) is 6.02. The van der Waals surface area contributed by atoms with Crippen molar-refractivity contribution in [1.82, 2.24) is 0 Å². The molecule has 1 rings (SSSR count). The summed E-state index contributed by atoms with van der Waals surface area (Å²) in [4.78, 5) is 0. The minimum absolute atomic E-state index is 0.0156. The van der Waals surface area contributed by atoms with Gasteiger partial charge in [-0.2, -0.15) is 0 Å². The zero-order valence-corrected chi connectivity index (χ0v) is 10.2. The molecule has 4 heteroatoms. The molecule has 0 aromatic carbocycles. The lowest BCUT2D eigenvalue weighted by atomic mass is 10.1. The molecule has 0 aromatic heterocycles. The Morgan fingerprint density at radius 1 is 1.46 bits per heavy atom. The summed E-state index contributed by atoms with van der Waals surface area (Å²) >= 11 is 0. The second-order valence-electron chi connectivity index (χ2n) is 3.99. The van der Waals surface area contributed by atoms with Crippen LogP contribution in [0.4, 0.5) is 0 Å². The van der Waals surface area contributed by atoms with Crippen molar-refractivity contribution in [2.24, 2.45) is 0 Å². The number of epoxide rings is 1. The predicted octanol–water partition coefficient (Wildman–Crippen LogP) is 1.92. The third-order valence-corrected chi connectivity index (χ3v) is 7.09. The first-order valence-corrected chi connectivity index (χ1v) is 7.16. The fourth-order valence-electron chi connectivity index (χ4n) is 2.04. The van der Waals surface area contributed by atoms with Crippen LogP contribution in [0.5, 0.6) is 0 Å². The quantitative estimate of drug-likeness (QED) is 0.506. The molecule has 1 aliphatic rings. The third-order valence-electron chi connectivity index (χ3n) is 3.19. The Kier molecular flexibility index (Phi) is 3.17. The molecule has 0 radical (unpaired) electrons. The maximum Gasteiger partial charge on any atom is 0.340 e. The number of rotatable bonds is 5. The molecule has 0 saturated carbocycles. The second kappa shape index (κ2) is 3.69. The van der Waals surface area contributed by atoms with Crippen LogP contribution in [0.3, 0.4) is 0 Å². The Morgan fingerprint density at radius 3 is 2.15 bits per heavy atom. The number of hydrogen-bond acceptors (Lipinski definition) is 3. The molecule has 0 amide bonds. The lowest BCUT2D eigenvalue weighted by molar-refractivity contribution is 0.201. The van der Waals surface area contributed by atoms with Crippen LogP contribution in [0.25, 0.3) is 0 Å². The summed E-state index contributed by atoms with van der Waals surface area (Å²) in [5.41, 5.74) is 0.442. The van der Waals surface area contributed by atoms with Gasteiger partial charge in [-0.05, 0) is 19.9 Å². The van der Waals surface area contributed by atoms with E-state index in [4.69, 9.17) is 13.6 Å². The fraction of sp³-hybridized carbons (Fsp3) is 1.00. The standard InChI is InChI=1S/C9H20O3Si/c1-6-8(9(2)7-12-9)13(5,10-3)11-4/h8H,6-7H2,1-5H3. The van der Waals surface area contributed by atoms with Gasteiger partial charge in [-0.1, -0.05) is 6.92 Å². The van der Waals surface area contributed by atoms with Crippen LogP contribution >= 0.6 is 0 Å². The Hall–Kier alpha value is 0.0969. The number of ether oxygens (including phenoxy) is 1. The molecule has 13 heavy (non-hydrogen) atoms. The van der Waals surface area contributed by atoms with Gasteiger partial charge in [0.2, 0.25) is 0 Å². The lowest BCUT2D eigenvalue weighted by Gasteiger charge is -2.33. The van der Waals surface area contributed by atoms with E-state index in [-0.39, 0.29) is 5.60 Å². The first kappa shape index (κ1) is 11.2. The largest absolute Gasteiger partial charge is 0.398 e.